The Kier molecular flexibility index (Phi) is 6.19. The number of hydrogen-bond donors (Lipinski definition) is 1. The lowest BCUT2D eigenvalue weighted by atomic mass is 9.89. The van der Waals surface area contributed by atoms with Gasteiger partial charge in [0.05, 0.1) is 12.6 Å². The minimum atomic E-state index is -0.345. The number of carbonyl (C=O) groups is 1. The van der Waals surface area contributed by atoms with E-state index in [1.807, 2.05) is 31.2 Å². The van der Waals surface area contributed by atoms with Crippen molar-refractivity contribution in [3.63, 3.8) is 0 Å². The van der Waals surface area contributed by atoms with Crippen LogP contribution in [0.25, 0.3) is 0 Å². The Labute approximate surface area is 166 Å². The Morgan fingerprint density at radius 1 is 1.32 bits per heavy atom. The maximum atomic E-state index is 13.1. The Hall–Kier alpha value is -2.60. The first-order chi connectivity index (χ1) is 13.4. The predicted octanol–water partition coefficient (Wildman–Crippen LogP) is 3.85. The van der Waals surface area contributed by atoms with Gasteiger partial charge in [0, 0.05) is 44.6 Å². The molecule has 0 unspecified atom stereocenters. The van der Waals surface area contributed by atoms with Crippen LogP contribution in [0.5, 0.6) is 5.75 Å². The number of ether oxygens (including phenoxy) is 2. The fourth-order valence-corrected chi connectivity index (χ4v) is 3.51. The average Bonchev–Trinajstić information content (AvgIpc) is 2.66. The molecule has 1 aliphatic rings. The summed E-state index contributed by atoms with van der Waals surface area (Å²) in [7, 11) is 1.64. The number of pyridine rings is 1. The molecule has 2 heterocycles. The van der Waals surface area contributed by atoms with E-state index in [0.29, 0.717) is 26.1 Å². The summed E-state index contributed by atoms with van der Waals surface area (Å²) in [6, 6.07) is 9.75. The SMILES string of the molecule is COCCN(Cc1ccncc1)C(=O)N[C@@H]1CC(C)(C)Oc2ccc(C)cc21. The zero-order chi connectivity index (χ0) is 20.1. The van der Waals surface area contributed by atoms with Crippen LogP contribution in [0.3, 0.4) is 0 Å². The first-order valence-electron chi connectivity index (χ1n) is 9.61. The molecule has 6 heteroatoms. The molecular formula is C22H29N3O3. The molecule has 0 radical (unpaired) electrons. The second kappa shape index (κ2) is 8.61. The van der Waals surface area contributed by atoms with Crippen LogP contribution < -0.4 is 10.1 Å². The first kappa shape index (κ1) is 20.1. The van der Waals surface area contributed by atoms with E-state index in [2.05, 4.69) is 30.2 Å². The number of benzene rings is 1. The second-order valence-electron chi connectivity index (χ2n) is 7.88. The fourth-order valence-electron chi connectivity index (χ4n) is 3.51. The number of urea groups is 1. The predicted molar refractivity (Wildman–Crippen MR) is 108 cm³/mol. The molecule has 1 aromatic heterocycles. The van der Waals surface area contributed by atoms with E-state index in [9.17, 15) is 4.79 Å². The highest BCUT2D eigenvalue weighted by atomic mass is 16.5. The molecule has 28 heavy (non-hydrogen) atoms. The Morgan fingerprint density at radius 2 is 2.07 bits per heavy atom. The van der Waals surface area contributed by atoms with E-state index in [4.69, 9.17) is 9.47 Å². The smallest absolute Gasteiger partial charge is 0.318 e. The number of rotatable bonds is 6. The molecule has 2 amide bonds. The molecule has 0 fully saturated rings. The quantitative estimate of drug-likeness (QED) is 0.823. The summed E-state index contributed by atoms with van der Waals surface area (Å²) < 4.78 is 11.3. The monoisotopic (exact) mass is 383 g/mol. The molecule has 0 aliphatic carbocycles. The number of methoxy groups -OCH3 is 1. The lowest BCUT2D eigenvalue weighted by Crippen LogP contribution is -2.46. The van der Waals surface area contributed by atoms with Gasteiger partial charge in [0.25, 0.3) is 0 Å². The second-order valence-corrected chi connectivity index (χ2v) is 7.88. The van der Waals surface area contributed by atoms with Crippen LogP contribution in [0.4, 0.5) is 4.79 Å². The Bertz CT molecular complexity index is 808. The number of nitrogens with zero attached hydrogens (tertiary/aromatic N) is 2. The van der Waals surface area contributed by atoms with Gasteiger partial charge >= 0.3 is 6.03 Å². The molecule has 1 aliphatic heterocycles. The van der Waals surface area contributed by atoms with E-state index in [1.54, 1.807) is 24.4 Å². The van der Waals surface area contributed by atoms with Crippen molar-refractivity contribution in [3.8, 4) is 5.75 Å². The third-order valence-corrected chi connectivity index (χ3v) is 4.90. The minimum absolute atomic E-state index is 0.103. The molecule has 0 saturated carbocycles. The third kappa shape index (κ3) is 5.01. The highest BCUT2D eigenvalue weighted by Crippen LogP contribution is 2.39. The van der Waals surface area contributed by atoms with Crippen LogP contribution >= 0.6 is 0 Å². The maximum absolute atomic E-state index is 13.1. The Morgan fingerprint density at radius 3 is 2.79 bits per heavy atom. The highest BCUT2D eigenvalue weighted by molar-refractivity contribution is 5.75. The van der Waals surface area contributed by atoms with E-state index < -0.39 is 0 Å². The first-order valence-corrected chi connectivity index (χ1v) is 9.61. The van der Waals surface area contributed by atoms with Gasteiger partial charge in [-0.3, -0.25) is 4.98 Å². The number of hydrogen-bond acceptors (Lipinski definition) is 4. The zero-order valence-corrected chi connectivity index (χ0v) is 17.1. The van der Waals surface area contributed by atoms with E-state index in [1.165, 1.54) is 0 Å². The summed E-state index contributed by atoms with van der Waals surface area (Å²) >= 11 is 0. The van der Waals surface area contributed by atoms with Crippen molar-refractivity contribution in [3.05, 3.63) is 59.4 Å². The molecule has 1 aromatic carbocycles. The minimum Gasteiger partial charge on any atom is -0.487 e. The summed E-state index contributed by atoms with van der Waals surface area (Å²) in [5.41, 5.74) is 2.87. The third-order valence-electron chi connectivity index (χ3n) is 4.90. The average molecular weight is 383 g/mol. The summed E-state index contributed by atoms with van der Waals surface area (Å²) in [6.07, 6.45) is 4.19. The maximum Gasteiger partial charge on any atom is 0.318 e. The normalized spacial score (nSPS) is 17.4. The lowest BCUT2D eigenvalue weighted by Gasteiger charge is -2.38. The fraction of sp³-hybridized carbons (Fsp3) is 0.455. The van der Waals surface area contributed by atoms with Gasteiger partial charge in [0.1, 0.15) is 11.4 Å². The molecule has 0 spiro atoms. The number of carbonyl (C=O) groups excluding carboxylic acids is 1. The van der Waals surface area contributed by atoms with Crippen molar-refractivity contribution in [2.24, 2.45) is 0 Å². The van der Waals surface area contributed by atoms with E-state index >= 15 is 0 Å². The molecule has 150 valence electrons. The van der Waals surface area contributed by atoms with Crippen LogP contribution in [-0.4, -0.2) is 41.8 Å². The van der Waals surface area contributed by atoms with Crippen LogP contribution in [-0.2, 0) is 11.3 Å². The van der Waals surface area contributed by atoms with Gasteiger partial charge < -0.3 is 19.7 Å². The molecule has 6 nitrogen and oxygen atoms in total. The number of nitrogens with one attached hydrogen (secondary N) is 1. The van der Waals surface area contributed by atoms with Crippen LogP contribution in [0.15, 0.2) is 42.7 Å². The summed E-state index contributed by atoms with van der Waals surface area (Å²) in [5, 5.41) is 3.22. The summed E-state index contributed by atoms with van der Waals surface area (Å²) in [6.45, 7) is 7.65. The van der Waals surface area contributed by atoms with Gasteiger partial charge in [0.2, 0.25) is 0 Å². The molecule has 2 aromatic rings. The van der Waals surface area contributed by atoms with Gasteiger partial charge in [-0.2, -0.15) is 0 Å². The summed E-state index contributed by atoms with van der Waals surface area (Å²) in [4.78, 5) is 18.9. The standard InChI is InChI=1S/C22H29N3O3/c1-16-5-6-20-18(13-16)19(14-22(2,3)28-20)24-21(26)25(11-12-27-4)15-17-7-9-23-10-8-17/h5-10,13,19H,11-12,14-15H2,1-4H3,(H,24,26)/t19-/m1/s1. The number of aromatic nitrogens is 1. The van der Waals surface area contributed by atoms with Crippen molar-refractivity contribution in [2.75, 3.05) is 20.3 Å². The summed E-state index contributed by atoms with van der Waals surface area (Å²) in [5.74, 6) is 0.838. The number of fused-ring (bicyclic) bond motifs is 1. The van der Waals surface area contributed by atoms with Gasteiger partial charge in [-0.25, -0.2) is 4.79 Å². The molecule has 0 bridgehead atoms. The molecule has 3 rings (SSSR count). The van der Waals surface area contributed by atoms with Crippen LogP contribution in [0, 0.1) is 6.92 Å². The van der Waals surface area contributed by atoms with Gasteiger partial charge in [-0.1, -0.05) is 17.7 Å². The van der Waals surface area contributed by atoms with Crippen LogP contribution in [0.1, 0.15) is 43.0 Å². The largest absolute Gasteiger partial charge is 0.487 e. The van der Waals surface area contributed by atoms with Crippen molar-refractivity contribution in [1.82, 2.24) is 15.2 Å². The molecule has 1 N–H and O–H groups in total. The highest BCUT2D eigenvalue weighted by Gasteiger charge is 2.35. The molecule has 0 saturated heterocycles. The van der Waals surface area contributed by atoms with Gasteiger partial charge in [-0.05, 0) is 44.5 Å². The van der Waals surface area contributed by atoms with Crippen molar-refractivity contribution in [2.45, 2.75) is 45.4 Å². The van der Waals surface area contributed by atoms with E-state index in [0.717, 1.165) is 22.4 Å². The zero-order valence-electron chi connectivity index (χ0n) is 17.1. The van der Waals surface area contributed by atoms with Gasteiger partial charge in [0.15, 0.2) is 0 Å². The number of amides is 2. The topological polar surface area (TPSA) is 63.7 Å². The molecule has 1 atom stereocenters. The van der Waals surface area contributed by atoms with Crippen LogP contribution in [0.2, 0.25) is 0 Å². The van der Waals surface area contributed by atoms with Crippen molar-refractivity contribution in [1.29, 1.82) is 0 Å². The van der Waals surface area contributed by atoms with Gasteiger partial charge in [-0.15, -0.1) is 0 Å². The lowest BCUT2D eigenvalue weighted by molar-refractivity contribution is 0.0657. The van der Waals surface area contributed by atoms with E-state index in [-0.39, 0.29) is 17.7 Å². The molecular weight excluding hydrogens is 354 g/mol. The van der Waals surface area contributed by atoms with Crippen molar-refractivity contribution < 1.29 is 14.3 Å². The van der Waals surface area contributed by atoms with Crippen molar-refractivity contribution >= 4 is 6.03 Å². The number of aryl methyl sites for hydroxylation is 1. The Balaban J connectivity index is 1.79.